The number of nitrogens with two attached hydrogens (primary N) is 1. The Bertz CT molecular complexity index is 432. The summed E-state index contributed by atoms with van der Waals surface area (Å²) >= 11 is 0. The standard InChI is InChI=1S/C16H28N4/c1-4-14-10-16(19-12(3)18-14)20(5-2)15-9-7-6-8-13(15)11-17/h10,13,15H,4-9,11,17H2,1-3H3. The molecule has 0 radical (unpaired) electrons. The molecule has 1 saturated carbocycles. The van der Waals surface area contributed by atoms with Crippen LogP contribution in [0.3, 0.4) is 0 Å². The van der Waals surface area contributed by atoms with Crippen molar-refractivity contribution in [1.29, 1.82) is 0 Å². The van der Waals surface area contributed by atoms with Crippen LogP contribution < -0.4 is 10.6 Å². The van der Waals surface area contributed by atoms with E-state index in [9.17, 15) is 0 Å². The normalized spacial score (nSPS) is 22.8. The van der Waals surface area contributed by atoms with E-state index in [0.29, 0.717) is 12.0 Å². The Hall–Kier alpha value is -1.16. The lowest BCUT2D eigenvalue weighted by Crippen LogP contribution is -2.45. The first-order chi connectivity index (χ1) is 9.69. The molecule has 1 aliphatic rings. The molecule has 1 aromatic rings. The molecule has 2 atom stereocenters. The highest BCUT2D eigenvalue weighted by Gasteiger charge is 2.29. The summed E-state index contributed by atoms with van der Waals surface area (Å²) in [6.07, 6.45) is 6.07. The first kappa shape index (κ1) is 15.2. The average Bonchev–Trinajstić information content (AvgIpc) is 2.48. The molecule has 20 heavy (non-hydrogen) atoms. The Morgan fingerprint density at radius 2 is 2.00 bits per heavy atom. The lowest BCUT2D eigenvalue weighted by Gasteiger charge is -2.40. The van der Waals surface area contributed by atoms with E-state index < -0.39 is 0 Å². The number of aromatic nitrogens is 2. The molecule has 1 aromatic heterocycles. The predicted octanol–water partition coefficient (Wildman–Crippen LogP) is 2.69. The maximum absolute atomic E-state index is 5.99. The second-order valence-corrected chi connectivity index (χ2v) is 5.75. The molecule has 0 aliphatic heterocycles. The van der Waals surface area contributed by atoms with Gasteiger partial charge in [0.15, 0.2) is 0 Å². The van der Waals surface area contributed by atoms with Gasteiger partial charge in [0.25, 0.3) is 0 Å². The molecule has 2 unspecified atom stereocenters. The molecule has 0 amide bonds. The van der Waals surface area contributed by atoms with Crippen LogP contribution in [0.25, 0.3) is 0 Å². The Morgan fingerprint density at radius 3 is 2.65 bits per heavy atom. The molecule has 4 heteroatoms. The van der Waals surface area contributed by atoms with Crippen LogP contribution in [0.2, 0.25) is 0 Å². The van der Waals surface area contributed by atoms with Crippen molar-refractivity contribution in [3.8, 4) is 0 Å². The highest BCUT2D eigenvalue weighted by atomic mass is 15.2. The summed E-state index contributed by atoms with van der Waals surface area (Å²) in [4.78, 5) is 11.6. The van der Waals surface area contributed by atoms with E-state index in [1.807, 2.05) is 6.92 Å². The van der Waals surface area contributed by atoms with Crippen molar-refractivity contribution in [2.24, 2.45) is 11.7 Å². The monoisotopic (exact) mass is 276 g/mol. The highest BCUT2D eigenvalue weighted by Crippen LogP contribution is 2.30. The first-order valence-electron chi connectivity index (χ1n) is 8.00. The van der Waals surface area contributed by atoms with E-state index in [2.05, 4.69) is 34.8 Å². The molecular formula is C16H28N4. The number of aryl methyl sites for hydroxylation is 2. The molecule has 0 saturated heterocycles. The SMILES string of the molecule is CCc1cc(N(CC)C2CCCCC2CN)nc(C)n1. The van der Waals surface area contributed by atoms with Gasteiger partial charge in [0.05, 0.1) is 0 Å². The zero-order valence-corrected chi connectivity index (χ0v) is 13.1. The highest BCUT2D eigenvalue weighted by molar-refractivity contribution is 5.41. The largest absolute Gasteiger partial charge is 0.353 e. The minimum absolute atomic E-state index is 0.540. The fraction of sp³-hybridized carbons (Fsp3) is 0.750. The van der Waals surface area contributed by atoms with Gasteiger partial charge in [-0.25, -0.2) is 9.97 Å². The van der Waals surface area contributed by atoms with Crippen LogP contribution >= 0.6 is 0 Å². The van der Waals surface area contributed by atoms with Crippen molar-refractivity contribution < 1.29 is 0 Å². The van der Waals surface area contributed by atoms with Crippen LogP contribution in [-0.2, 0) is 6.42 Å². The van der Waals surface area contributed by atoms with Gasteiger partial charge in [-0.2, -0.15) is 0 Å². The van der Waals surface area contributed by atoms with Gasteiger partial charge in [-0.3, -0.25) is 0 Å². The van der Waals surface area contributed by atoms with Crippen LogP contribution in [-0.4, -0.2) is 29.1 Å². The molecule has 0 bridgehead atoms. The van der Waals surface area contributed by atoms with E-state index in [1.165, 1.54) is 25.7 Å². The second kappa shape index (κ2) is 7.02. The number of anilines is 1. The molecule has 0 aromatic carbocycles. The average molecular weight is 276 g/mol. The van der Waals surface area contributed by atoms with Crippen molar-refractivity contribution in [1.82, 2.24) is 9.97 Å². The third-order valence-corrected chi connectivity index (χ3v) is 4.45. The number of hydrogen-bond acceptors (Lipinski definition) is 4. The number of hydrogen-bond donors (Lipinski definition) is 1. The van der Waals surface area contributed by atoms with Crippen molar-refractivity contribution in [2.45, 2.75) is 58.9 Å². The lowest BCUT2D eigenvalue weighted by molar-refractivity contribution is 0.299. The summed E-state index contributed by atoms with van der Waals surface area (Å²) in [5.74, 6) is 2.56. The van der Waals surface area contributed by atoms with E-state index in [1.54, 1.807) is 0 Å². The van der Waals surface area contributed by atoms with Crippen molar-refractivity contribution in [2.75, 3.05) is 18.0 Å². The van der Waals surface area contributed by atoms with Crippen LogP contribution in [0, 0.1) is 12.8 Å². The Labute approximate surface area is 122 Å². The number of rotatable bonds is 5. The summed E-state index contributed by atoms with van der Waals surface area (Å²) < 4.78 is 0. The summed E-state index contributed by atoms with van der Waals surface area (Å²) in [5, 5.41) is 0. The topological polar surface area (TPSA) is 55.0 Å². The van der Waals surface area contributed by atoms with Crippen LogP contribution in [0.5, 0.6) is 0 Å². The van der Waals surface area contributed by atoms with E-state index >= 15 is 0 Å². The molecular weight excluding hydrogens is 248 g/mol. The molecule has 1 aliphatic carbocycles. The lowest BCUT2D eigenvalue weighted by atomic mass is 9.83. The van der Waals surface area contributed by atoms with E-state index in [4.69, 9.17) is 5.73 Å². The number of nitrogens with zero attached hydrogens (tertiary/aromatic N) is 3. The van der Waals surface area contributed by atoms with Crippen LogP contribution in [0.15, 0.2) is 6.07 Å². The Morgan fingerprint density at radius 1 is 1.25 bits per heavy atom. The van der Waals surface area contributed by atoms with Crippen LogP contribution in [0.1, 0.15) is 51.0 Å². The summed E-state index contributed by atoms with van der Waals surface area (Å²) in [7, 11) is 0. The van der Waals surface area contributed by atoms with Gasteiger partial charge in [-0.15, -0.1) is 0 Å². The fourth-order valence-corrected chi connectivity index (χ4v) is 3.38. The summed E-state index contributed by atoms with van der Waals surface area (Å²) in [6.45, 7) is 8.11. The minimum atomic E-state index is 0.540. The van der Waals surface area contributed by atoms with Gasteiger partial charge in [0.2, 0.25) is 0 Å². The van der Waals surface area contributed by atoms with Gasteiger partial charge < -0.3 is 10.6 Å². The van der Waals surface area contributed by atoms with Gasteiger partial charge in [-0.1, -0.05) is 19.8 Å². The summed E-state index contributed by atoms with van der Waals surface area (Å²) in [6, 6.07) is 2.69. The molecule has 1 fully saturated rings. The minimum Gasteiger partial charge on any atom is -0.353 e. The zero-order chi connectivity index (χ0) is 14.5. The Kier molecular flexibility index (Phi) is 5.35. The smallest absolute Gasteiger partial charge is 0.132 e. The molecule has 112 valence electrons. The summed E-state index contributed by atoms with van der Waals surface area (Å²) in [5.41, 5.74) is 7.12. The third kappa shape index (κ3) is 3.29. The zero-order valence-electron chi connectivity index (χ0n) is 13.1. The van der Waals surface area contributed by atoms with E-state index in [0.717, 1.165) is 36.8 Å². The molecule has 2 N–H and O–H groups in total. The van der Waals surface area contributed by atoms with Crippen LogP contribution in [0.4, 0.5) is 5.82 Å². The fourth-order valence-electron chi connectivity index (χ4n) is 3.38. The van der Waals surface area contributed by atoms with Crippen molar-refractivity contribution in [3.63, 3.8) is 0 Å². The molecule has 2 rings (SSSR count). The molecule has 1 heterocycles. The van der Waals surface area contributed by atoms with Gasteiger partial charge in [0.1, 0.15) is 11.6 Å². The van der Waals surface area contributed by atoms with Crippen molar-refractivity contribution >= 4 is 5.82 Å². The van der Waals surface area contributed by atoms with E-state index in [-0.39, 0.29) is 0 Å². The van der Waals surface area contributed by atoms with Gasteiger partial charge >= 0.3 is 0 Å². The molecule has 4 nitrogen and oxygen atoms in total. The van der Waals surface area contributed by atoms with Crippen molar-refractivity contribution in [3.05, 3.63) is 17.6 Å². The maximum Gasteiger partial charge on any atom is 0.132 e. The maximum atomic E-state index is 5.99. The second-order valence-electron chi connectivity index (χ2n) is 5.75. The predicted molar refractivity (Wildman–Crippen MR) is 84.0 cm³/mol. The first-order valence-corrected chi connectivity index (χ1v) is 8.00. The third-order valence-electron chi connectivity index (χ3n) is 4.45. The van der Waals surface area contributed by atoms with Gasteiger partial charge in [-0.05, 0) is 45.6 Å². The molecule has 0 spiro atoms. The quantitative estimate of drug-likeness (QED) is 0.898. The Balaban J connectivity index is 2.28. The van der Waals surface area contributed by atoms with Gasteiger partial charge in [0, 0.05) is 24.3 Å².